The summed E-state index contributed by atoms with van der Waals surface area (Å²) in [7, 11) is 0. The fraction of sp³-hybridized carbons (Fsp3) is 0.125. The van der Waals surface area contributed by atoms with Crippen LogP contribution in [-0.2, 0) is 4.79 Å². The molecule has 1 heterocycles. The number of carbonyl (C=O) groups is 1. The third kappa shape index (κ3) is 3.95. The maximum Gasteiger partial charge on any atom is 0.328 e. The van der Waals surface area contributed by atoms with E-state index in [1.54, 1.807) is 18.3 Å². The molecule has 4 nitrogen and oxygen atoms in total. The van der Waals surface area contributed by atoms with Gasteiger partial charge in [0.2, 0.25) is 5.88 Å². The lowest BCUT2D eigenvalue weighted by molar-refractivity contribution is -0.131. The number of hydrogen-bond donors (Lipinski definition) is 1. The second-order valence-electron chi connectivity index (χ2n) is 4.53. The monoisotopic (exact) mass is 269 g/mol. The fourth-order valence-corrected chi connectivity index (χ4v) is 1.83. The van der Waals surface area contributed by atoms with Crippen molar-refractivity contribution in [2.75, 3.05) is 0 Å². The van der Waals surface area contributed by atoms with E-state index in [-0.39, 0.29) is 0 Å². The lowest BCUT2D eigenvalue weighted by atomic mass is 10.1. The summed E-state index contributed by atoms with van der Waals surface area (Å²) in [5.74, 6) is 0.229. The van der Waals surface area contributed by atoms with E-state index in [1.807, 2.05) is 26.0 Å². The maximum absolute atomic E-state index is 10.4. The van der Waals surface area contributed by atoms with Crippen LogP contribution in [-0.4, -0.2) is 16.1 Å². The van der Waals surface area contributed by atoms with Gasteiger partial charge in [-0.05, 0) is 54.8 Å². The van der Waals surface area contributed by atoms with Gasteiger partial charge in [-0.15, -0.1) is 0 Å². The Hall–Kier alpha value is -2.62. The molecule has 0 radical (unpaired) electrons. The number of pyridine rings is 1. The van der Waals surface area contributed by atoms with Gasteiger partial charge in [-0.3, -0.25) is 0 Å². The SMILES string of the molecule is Cc1cc(C)cc(Oc2ccc(/C=C/C(=O)O)cn2)c1. The van der Waals surface area contributed by atoms with Crippen LogP contribution in [0, 0.1) is 13.8 Å². The van der Waals surface area contributed by atoms with E-state index in [1.165, 1.54) is 6.08 Å². The van der Waals surface area contributed by atoms with Crippen LogP contribution in [0.3, 0.4) is 0 Å². The Morgan fingerprint density at radius 2 is 1.90 bits per heavy atom. The highest BCUT2D eigenvalue weighted by Gasteiger charge is 2.00. The first kappa shape index (κ1) is 13.8. The molecule has 1 aromatic carbocycles. The van der Waals surface area contributed by atoms with Gasteiger partial charge in [0.05, 0.1) is 0 Å². The molecule has 2 rings (SSSR count). The van der Waals surface area contributed by atoms with Crippen molar-refractivity contribution < 1.29 is 14.6 Å². The number of benzene rings is 1. The van der Waals surface area contributed by atoms with Crippen molar-refractivity contribution in [3.8, 4) is 11.6 Å². The Morgan fingerprint density at radius 1 is 1.20 bits per heavy atom. The van der Waals surface area contributed by atoms with E-state index in [2.05, 4.69) is 11.1 Å². The minimum Gasteiger partial charge on any atom is -0.478 e. The number of rotatable bonds is 4. The Morgan fingerprint density at radius 3 is 2.45 bits per heavy atom. The lowest BCUT2D eigenvalue weighted by Crippen LogP contribution is -1.90. The molecule has 0 saturated carbocycles. The summed E-state index contributed by atoms with van der Waals surface area (Å²) in [6.07, 6.45) is 4.12. The third-order valence-electron chi connectivity index (χ3n) is 2.60. The molecule has 0 fully saturated rings. The number of carboxylic acids is 1. The highest BCUT2D eigenvalue weighted by atomic mass is 16.5. The zero-order valence-corrected chi connectivity index (χ0v) is 11.3. The normalized spacial score (nSPS) is 10.7. The summed E-state index contributed by atoms with van der Waals surface area (Å²) >= 11 is 0. The van der Waals surface area contributed by atoms with Crippen LogP contribution >= 0.6 is 0 Å². The standard InChI is InChI=1S/C16H15NO3/c1-11-7-12(2)9-14(8-11)20-15-5-3-13(10-17-15)4-6-16(18)19/h3-10H,1-2H3,(H,18,19)/b6-4+. The molecular weight excluding hydrogens is 254 g/mol. The van der Waals surface area contributed by atoms with Crippen LogP contribution in [0.25, 0.3) is 6.08 Å². The summed E-state index contributed by atoms with van der Waals surface area (Å²) in [5, 5.41) is 8.54. The van der Waals surface area contributed by atoms with Crippen LogP contribution in [0.1, 0.15) is 16.7 Å². The average molecular weight is 269 g/mol. The predicted molar refractivity (Wildman–Crippen MR) is 76.9 cm³/mol. The minimum absolute atomic E-state index is 0.475. The van der Waals surface area contributed by atoms with Gasteiger partial charge in [0.15, 0.2) is 0 Å². The fourth-order valence-electron chi connectivity index (χ4n) is 1.83. The molecule has 0 amide bonds. The number of carboxylic acid groups (broad SMARTS) is 1. The van der Waals surface area contributed by atoms with Gasteiger partial charge in [0.25, 0.3) is 0 Å². The molecule has 4 heteroatoms. The van der Waals surface area contributed by atoms with Crippen LogP contribution < -0.4 is 4.74 Å². The number of aryl methyl sites for hydroxylation is 2. The molecule has 20 heavy (non-hydrogen) atoms. The molecule has 0 bridgehead atoms. The Bertz CT molecular complexity index is 625. The average Bonchev–Trinajstić information content (AvgIpc) is 2.36. The molecule has 0 spiro atoms. The van der Waals surface area contributed by atoms with E-state index >= 15 is 0 Å². The van der Waals surface area contributed by atoms with Gasteiger partial charge in [0, 0.05) is 18.3 Å². The maximum atomic E-state index is 10.4. The summed E-state index contributed by atoms with van der Waals surface area (Å²) < 4.78 is 5.67. The molecule has 0 atom stereocenters. The topological polar surface area (TPSA) is 59.4 Å². The number of aromatic nitrogens is 1. The Balaban J connectivity index is 2.12. The molecule has 2 aromatic rings. The van der Waals surface area contributed by atoms with E-state index in [4.69, 9.17) is 9.84 Å². The minimum atomic E-state index is -0.986. The molecule has 0 aliphatic heterocycles. The molecule has 102 valence electrons. The summed E-state index contributed by atoms with van der Waals surface area (Å²) in [6, 6.07) is 9.41. The largest absolute Gasteiger partial charge is 0.478 e. The second kappa shape index (κ2) is 6.02. The van der Waals surface area contributed by atoms with Crippen molar-refractivity contribution in [1.29, 1.82) is 0 Å². The predicted octanol–water partition coefficient (Wildman–Crippen LogP) is 3.59. The Kier molecular flexibility index (Phi) is 4.15. The van der Waals surface area contributed by atoms with E-state index in [9.17, 15) is 4.79 Å². The van der Waals surface area contributed by atoms with Gasteiger partial charge in [-0.25, -0.2) is 9.78 Å². The van der Waals surface area contributed by atoms with Crippen molar-refractivity contribution in [1.82, 2.24) is 4.98 Å². The lowest BCUT2D eigenvalue weighted by Gasteiger charge is -2.07. The number of aliphatic carboxylic acids is 1. The van der Waals surface area contributed by atoms with Crippen molar-refractivity contribution >= 4 is 12.0 Å². The van der Waals surface area contributed by atoms with Gasteiger partial charge >= 0.3 is 5.97 Å². The number of hydrogen-bond acceptors (Lipinski definition) is 3. The van der Waals surface area contributed by atoms with Crippen LogP contribution in [0.15, 0.2) is 42.6 Å². The Labute approximate surface area is 117 Å². The molecule has 0 unspecified atom stereocenters. The molecule has 1 N–H and O–H groups in total. The van der Waals surface area contributed by atoms with Crippen LogP contribution in [0.5, 0.6) is 11.6 Å². The zero-order chi connectivity index (χ0) is 14.5. The number of nitrogens with zero attached hydrogens (tertiary/aromatic N) is 1. The van der Waals surface area contributed by atoms with Gasteiger partial charge in [0.1, 0.15) is 5.75 Å². The quantitative estimate of drug-likeness (QED) is 0.862. The van der Waals surface area contributed by atoms with Crippen molar-refractivity contribution in [2.24, 2.45) is 0 Å². The van der Waals surface area contributed by atoms with E-state index < -0.39 is 5.97 Å². The molecule has 0 saturated heterocycles. The number of ether oxygens (including phenoxy) is 1. The highest BCUT2D eigenvalue weighted by Crippen LogP contribution is 2.22. The molecule has 1 aromatic heterocycles. The van der Waals surface area contributed by atoms with Crippen molar-refractivity contribution in [3.63, 3.8) is 0 Å². The highest BCUT2D eigenvalue weighted by molar-refractivity contribution is 5.85. The van der Waals surface area contributed by atoms with Gasteiger partial charge in [-0.1, -0.05) is 6.07 Å². The summed E-state index contributed by atoms with van der Waals surface area (Å²) in [5.41, 5.74) is 2.96. The third-order valence-corrected chi connectivity index (χ3v) is 2.60. The first-order chi connectivity index (χ1) is 9.52. The van der Waals surface area contributed by atoms with Gasteiger partial charge < -0.3 is 9.84 Å². The van der Waals surface area contributed by atoms with Crippen LogP contribution in [0.4, 0.5) is 0 Å². The van der Waals surface area contributed by atoms with Crippen LogP contribution in [0.2, 0.25) is 0 Å². The first-order valence-corrected chi connectivity index (χ1v) is 6.16. The van der Waals surface area contributed by atoms with E-state index in [0.717, 1.165) is 23.0 Å². The smallest absolute Gasteiger partial charge is 0.328 e. The second-order valence-corrected chi connectivity index (χ2v) is 4.53. The van der Waals surface area contributed by atoms with Gasteiger partial charge in [-0.2, -0.15) is 0 Å². The van der Waals surface area contributed by atoms with Crippen molar-refractivity contribution in [2.45, 2.75) is 13.8 Å². The van der Waals surface area contributed by atoms with E-state index in [0.29, 0.717) is 11.4 Å². The summed E-state index contributed by atoms with van der Waals surface area (Å²) in [6.45, 7) is 4.01. The zero-order valence-electron chi connectivity index (χ0n) is 11.3. The summed E-state index contributed by atoms with van der Waals surface area (Å²) in [4.78, 5) is 14.6. The molecule has 0 aliphatic rings. The molecular formula is C16H15NO3. The first-order valence-electron chi connectivity index (χ1n) is 6.16. The molecule has 0 aliphatic carbocycles. The van der Waals surface area contributed by atoms with Crippen molar-refractivity contribution in [3.05, 3.63) is 59.3 Å².